The van der Waals surface area contributed by atoms with E-state index in [0.717, 1.165) is 27.7 Å². The van der Waals surface area contributed by atoms with E-state index in [9.17, 15) is 18.0 Å². The van der Waals surface area contributed by atoms with Gasteiger partial charge in [0.05, 0.1) is 32.2 Å². The predicted molar refractivity (Wildman–Crippen MR) is 124 cm³/mol. The number of aromatic nitrogens is 5. The summed E-state index contributed by atoms with van der Waals surface area (Å²) in [5, 5.41) is 17.1. The molecule has 0 aliphatic carbocycles. The van der Waals surface area contributed by atoms with E-state index < -0.39 is 18.1 Å². The van der Waals surface area contributed by atoms with Gasteiger partial charge in [0, 0.05) is 24.5 Å². The average molecular weight is 530 g/mol. The second kappa shape index (κ2) is 10.8. The van der Waals surface area contributed by atoms with Gasteiger partial charge in [0.15, 0.2) is 5.82 Å². The topological polar surface area (TPSA) is 119 Å². The Hall–Kier alpha value is -3.20. The van der Waals surface area contributed by atoms with Crippen LogP contribution in [0.25, 0.3) is 10.2 Å². The van der Waals surface area contributed by atoms with Crippen LogP contribution >= 0.6 is 11.3 Å². The molecular formula is C21H26F3N7O4S. The zero-order valence-electron chi connectivity index (χ0n) is 19.8. The van der Waals surface area contributed by atoms with Gasteiger partial charge in [-0.1, -0.05) is 13.3 Å². The molecule has 1 N–H and O–H groups in total. The Balaban J connectivity index is 1.60. The first-order valence-electron chi connectivity index (χ1n) is 11.4. The molecule has 36 heavy (non-hydrogen) atoms. The van der Waals surface area contributed by atoms with E-state index in [0.29, 0.717) is 10.6 Å². The third-order valence-electron chi connectivity index (χ3n) is 5.60. The quantitative estimate of drug-likeness (QED) is 0.446. The first kappa shape index (κ1) is 25.9. The molecule has 1 aliphatic rings. The largest absolute Gasteiger partial charge is 0.461 e. The molecule has 0 unspecified atom stereocenters. The number of hydrogen-bond donors (Lipinski definition) is 1. The summed E-state index contributed by atoms with van der Waals surface area (Å²) in [5.74, 6) is -0.269. The minimum absolute atomic E-state index is 0.0521. The fourth-order valence-corrected chi connectivity index (χ4v) is 5.07. The van der Waals surface area contributed by atoms with Crippen molar-refractivity contribution in [3.05, 3.63) is 22.6 Å². The molecule has 0 spiro atoms. The summed E-state index contributed by atoms with van der Waals surface area (Å²) in [7, 11) is 1.25. The van der Waals surface area contributed by atoms with Crippen molar-refractivity contribution >= 4 is 33.5 Å². The number of thiophene rings is 1. The Morgan fingerprint density at radius 2 is 2.06 bits per heavy atom. The Kier molecular flexibility index (Phi) is 7.78. The summed E-state index contributed by atoms with van der Waals surface area (Å²) in [5.41, 5.74) is 0. The molecule has 0 saturated carbocycles. The molecule has 1 amide bonds. The van der Waals surface area contributed by atoms with Crippen molar-refractivity contribution in [1.29, 1.82) is 0 Å². The van der Waals surface area contributed by atoms with Crippen molar-refractivity contribution in [1.82, 2.24) is 29.6 Å². The predicted octanol–water partition coefficient (Wildman–Crippen LogP) is 2.71. The van der Waals surface area contributed by atoms with Crippen LogP contribution in [0.15, 0.2) is 6.07 Å². The number of aliphatic hydroxyl groups is 1. The molecule has 196 valence electrons. The smallest absolute Gasteiger partial charge is 0.451 e. The fraction of sp³-hybridized carbons (Fsp3) is 0.571. The van der Waals surface area contributed by atoms with Gasteiger partial charge >= 0.3 is 18.3 Å². The lowest BCUT2D eigenvalue weighted by Crippen LogP contribution is -2.37. The number of rotatable bonds is 9. The zero-order chi connectivity index (χ0) is 25.9. The molecule has 1 aliphatic heterocycles. The van der Waals surface area contributed by atoms with Gasteiger partial charge in [0.1, 0.15) is 17.3 Å². The number of carbonyl (C=O) groups is 1. The van der Waals surface area contributed by atoms with Gasteiger partial charge in [-0.2, -0.15) is 23.1 Å². The maximum Gasteiger partial charge on any atom is 0.451 e. The highest BCUT2D eigenvalue weighted by molar-refractivity contribution is 7.18. The normalized spacial score (nSPS) is 13.7. The standard InChI is InChI=1S/C21H26F3N7O4S/c1-3-4-13-11-14-16(30-5-6-31-15(12-30)27-28-18(31)21(22,23)24)25-19(26-17(14)36-13)35-10-8-29(7-9-32)20(33)34-2/h11,32H,3-10,12H2,1-2H3. The van der Waals surface area contributed by atoms with E-state index in [-0.39, 0.29) is 57.8 Å². The van der Waals surface area contributed by atoms with Gasteiger partial charge < -0.3 is 28.9 Å². The molecule has 0 fully saturated rings. The number of ether oxygens (including phenoxy) is 2. The number of aliphatic hydroxyl groups excluding tert-OH is 1. The first-order valence-corrected chi connectivity index (χ1v) is 12.2. The van der Waals surface area contributed by atoms with Crippen LogP contribution in [0.5, 0.6) is 6.01 Å². The van der Waals surface area contributed by atoms with Crippen LogP contribution in [0.1, 0.15) is 29.9 Å². The van der Waals surface area contributed by atoms with Crippen LogP contribution in [0, 0.1) is 0 Å². The van der Waals surface area contributed by atoms with Crippen LogP contribution in [-0.2, 0) is 30.4 Å². The maximum absolute atomic E-state index is 13.2. The van der Waals surface area contributed by atoms with Crippen molar-refractivity contribution < 1.29 is 32.5 Å². The number of fused-ring (bicyclic) bond motifs is 2. The van der Waals surface area contributed by atoms with E-state index in [1.807, 2.05) is 11.0 Å². The number of hydrogen-bond acceptors (Lipinski definition) is 10. The number of halogens is 3. The van der Waals surface area contributed by atoms with Gasteiger partial charge in [-0.3, -0.25) is 0 Å². The van der Waals surface area contributed by atoms with Crippen molar-refractivity contribution in [3.63, 3.8) is 0 Å². The lowest BCUT2D eigenvalue weighted by molar-refractivity contribution is -0.147. The molecule has 0 atom stereocenters. The highest BCUT2D eigenvalue weighted by atomic mass is 32.1. The Morgan fingerprint density at radius 3 is 2.75 bits per heavy atom. The summed E-state index contributed by atoms with van der Waals surface area (Å²) < 4.78 is 51.3. The summed E-state index contributed by atoms with van der Waals surface area (Å²) in [6.07, 6.45) is -3.37. The third kappa shape index (κ3) is 5.46. The molecule has 0 aromatic carbocycles. The van der Waals surface area contributed by atoms with Crippen LogP contribution < -0.4 is 9.64 Å². The zero-order valence-corrected chi connectivity index (χ0v) is 20.6. The number of anilines is 1. The Morgan fingerprint density at radius 1 is 1.25 bits per heavy atom. The SMILES string of the molecule is CCCc1cc2c(N3CCn4c(nnc4C(F)(F)F)C3)nc(OCCN(CCO)C(=O)OC)nc2s1. The highest BCUT2D eigenvalue weighted by Crippen LogP contribution is 2.35. The summed E-state index contributed by atoms with van der Waals surface area (Å²) >= 11 is 1.51. The molecule has 15 heteroatoms. The molecule has 11 nitrogen and oxygen atoms in total. The number of nitrogens with zero attached hydrogens (tertiary/aromatic N) is 7. The molecule has 0 bridgehead atoms. The number of amides is 1. The van der Waals surface area contributed by atoms with Gasteiger partial charge in [0.25, 0.3) is 0 Å². The molecule has 4 heterocycles. The second-order valence-corrected chi connectivity index (χ2v) is 9.17. The first-order chi connectivity index (χ1) is 17.2. The summed E-state index contributed by atoms with van der Waals surface area (Å²) in [6, 6.07) is 2.09. The van der Waals surface area contributed by atoms with Crippen molar-refractivity contribution in [3.8, 4) is 6.01 Å². The van der Waals surface area contributed by atoms with E-state index >= 15 is 0 Å². The number of aryl methyl sites for hydroxylation is 1. The van der Waals surface area contributed by atoms with Crippen molar-refractivity contribution in [2.45, 2.75) is 39.0 Å². The molecule has 4 rings (SSSR count). The van der Waals surface area contributed by atoms with E-state index in [4.69, 9.17) is 14.6 Å². The monoisotopic (exact) mass is 529 g/mol. The van der Waals surface area contributed by atoms with Crippen molar-refractivity contribution in [2.75, 3.05) is 44.9 Å². The van der Waals surface area contributed by atoms with Crippen LogP contribution in [-0.4, -0.2) is 80.8 Å². The molecule has 0 saturated heterocycles. The van der Waals surface area contributed by atoms with Gasteiger partial charge in [-0.05, 0) is 12.5 Å². The maximum atomic E-state index is 13.2. The second-order valence-electron chi connectivity index (χ2n) is 8.05. The van der Waals surface area contributed by atoms with E-state index in [1.54, 1.807) is 0 Å². The number of carbonyl (C=O) groups excluding carboxylic acids is 1. The lowest BCUT2D eigenvalue weighted by Gasteiger charge is -2.29. The molecule has 3 aromatic rings. The lowest BCUT2D eigenvalue weighted by atomic mass is 10.2. The van der Waals surface area contributed by atoms with E-state index in [2.05, 4.69) is 27.1 Å². The fourth-order valence-electron chi connectivity index (χ4n) is 3.95. The summed E-state index contributed by atoms with van der Waals surface area (Å²) in [4.78, 5) is 25.9. The minimum Gasteiger partial charge on any atom is -0.461 e. The number of methoxy groups -OCH3 is 1. The number of alkyl halides is 3. The van der Waals surface area contributed by atoms with Gasteiger partial charge in [-0.25, -0.2) is 4.79 Å². The molecule has 0 radical (unpaired) electrons. The van der Waals surface area contributed by atoms with E-state index in [1.165, 1.54) is 23.3 Å². The van der Waals surface area contributed by atoms with Crippen molar-refractivity contribution in [2.24, 2.45) is 0 Å². The average Bonchev–Trinajstić information content (AvgIpc) is 3.46. The van der Waals surface area contributed by atoms with Gasteiger partial charge in [-0.15, -0.1) is 21.5 Å². The molecular weight excluding hydrogens is 503 g/mol. The minimum atomic E-state index is -4.58. The Bertz CT molecular complexity index is 1220. The Labute approximate surface area is 208 Å². The highest BCUT2D eigenvalue weighted by Gasteiger charge is 2.39. The van der Waals surface area contributed by atoms with Crippen LogP contribution in [0.2, 0.25) is 0 Å². The van der Waals surface area contributed by atoms with Crippen LogP contribution in [0.4, 0.5) is 23.8 Å². The van der Waals surface area contributed by atoms with Gasteiger partial charge in [0.2, 0.25) is 5.82 Å². The third-order valence-corrected chi connectivity index (χ3v) is 6.69. The molecule has 3 aromatic heterocycles. The summed E-state index contributed by atoms with van der Waals surface area (Å²) in [6.45, 7) is 2.54. The van der Waals surface area contributed by atoms with Crippen LogP contribution in [0.3, 0.4) is 0 Å².